The number of carbonyl (C=O) groups is 1. The fourth-order valence-electron chi connectivity index (χ4n) is 3.63. The van der Waals surface area contributed by atoms with Gasteiger partial charge in [-0.3, -0.25) is 14.2 Å². The minimum absolute atomic E-state index is 0.121. The zero-order chi connectivity index (χ0) is 25.3. The second kappa shape index (κ2) is 10.0. The summed E-state index contributed by atoms with van der Waals surface area (Å²) in [5.74, 6) is -0.424. The number of hydrogen-bond acceptors (Lipinski definition) is 6. The van der Waals surface area contributed by atoms with E-state index in [1.54, 1.807) is 0 Å². The van der Waals surface area contributed by atoms with E-state index >= 15 is 0 Å². The molecule has 0 bridgehead atoms. The standard InChI is InChI=1S/C24H23BrN4O4S2/c1-4-19-21(15-5-7-16(25)8-6-15)22-23(34-19)26-14-29(24(22)31)13-20(30)27-17-9-11-18(12-10-17)35(32,33)28(2)3/h5-12,14H,4,13H2,1-3H3,(H,27,30). The van der Waals surface area contributed by atoms with Crippen molar-refractivity contribution in [2.75, 3.05) is 19.4 Å². The van der Waals surface area contributed by atoms with Gasteiger partial charge in [0.25, 0.3) is 5.56 Å². The molecule has 0 spiro atoms. The van der Waals surface area contributed by atoms with Gasteiger partial charge in [-0.25, -0.2) is 17.7 Å². The molecular weight excluding hydrogens is 552 g/mol. The van der Waals surface area contributed by atoms with Crippen LogP contribution in [-0.4, -0.2) is 42.3 Å². The zero-order valence-electron chi connectivity index (χ0n) is 19.3. The number of nitrogens with zero attached hydrogens (tertiary/aromatic N) is 3. The summed E-state index contributed by atoms with van der Waals surface area (Å²) >= 11 is 4.93. The van der Waals surface area contributed by atoms with E-state index in [4.69, 9.17) is 0 Å². The van der Waals surface area contributed by atoms with Gasteiger partial charge in [0.1, 0.15) is 11.4 Å². The Morgan fingerprint density at radius 2 is 1.77 bits per heavy atom. The Bertz CT molecular complexity index is 1560. The van der Waals surface area contributed by atoms with Crippen molar-refractivity contribution >= 4 is 59.1 Å². The molecule has 1 N–H and O–H groups in total. The molecular formula is C24H23BrN4O4S2. The smallest absolute Gasteiger partial charge is 0.263 e. The van der Waals surface area contributed by atoms with Crippen LogP contribution in [0.1, 0.15) is 11.8 Å². The highest BCUT2D eigenvalue weighted by Crippen LogP contribution is 2.36. The van der Waals surface area contributed by atoms with E-state index in [-0.39, 0.29) is 17.0 Å². The zero-order valence-corrected chi connectivity index (χ0v) is 22.5. The minimum Gasteiger partial charge on any atom is -0.325 e. The Kier molecular flexibility index (Phi) is 7.22. The van der Waals surface area contributed by atoms with Crippen LogP contribution in [0.3, 0.4) is 0 Å². The molecule has 2 heterocycles. The fourth-order valence-corrected chi connectivity index (χ4v) is 5.89. The molecule has 0 atom stereocenters. The second-order valence-corrected chi connectivity index (χ2v) is 12.1. The molecule has 4 aromatic rings. The summed E-state index contributed by atoms with van der Waals surface area (Å²) < 4.78 is 27.8. The van der Waals surface area contributed by atoms with Crippen molar-refractivity contribution in [3.8, 4) is 11.1 Å². The maximum Gasteiger partial charge on any atom is 0.263 e. The third-order valence-electron chi connectivity index (χ3n) is 5.44. The van der Waals surface area contributed by atoms with Crippen LogP contribution < -0.4 is 10.9 Å². The number of rotatable bonds is 7. The van der Waals surface area contributed by atoms with Crippen molar-refractivity contribution in [3.63, 3.8) is 0 Å². The number of sulfonamides is 1. The first kappa shape index (κ1) is 25.2. The predicted octanol–water partition coefficient (Wildman–Crippen LogP) is 4.34. The molecule has 182 valence electrons. The Morgan fingerprint density at radius 1 is 1.11 bits per heavy atom. The number of nitrogens with one attached hydrogen (secondary N) is 1. The molecule has 0 aliphatic carbocycles. The average Bonchev–Trinajstić information content (AvgIpc) is 3.21. The van der Waals surface area contributed by atoms with Crippen molar-refractivity contribution in [2.45, 2.75) is 24.8 Å². The SMILES string of the molecule is CCc1sc2ncn(CC(=O)Nc3ccc(S(=O)(=O)N(C)C)cc3)c(=O)c2c1-c1ccc(Br)cc1. The van der Waals surface area contributed by atoms with E-state index in [1.165, 1.54) is 60.6 Å². The van der Waals surface area contributed by atoms with Crippen molar-refractivity contribution in [3.05, 3.63) is 74.6 Å². The molecule has 0 aliphatic heterocycles. The van der Waals surface area contributed by atoms with Gasteiger partial charge in [-0.2, -0.15) is 0 Å². The molecule has 11 heteroatoms. The summed E-state index contributed by atoms with van der Waals surface area (Å²) in [6.07, 6.45) is 2.14. The lowest BCUT2D eigenvalue weighted by Crippen LogP contribution is -2.28. The van der Waals surface area contributed by atoms with E-state index in [0.29, 0.717) is 15.9 Å². The molecule has 2 aromatic heterocycles. The minimum atomic E-state index is -3.56. The lowest BCUT2D eigenvalue weighted by molar-refractivity contribution is -0.116. The van der Waals surface area contributed by atoms with E-state index < -0.39 is 15.9 Å². The summed E-state index contributed by atoms with van der Waals surface area (Å²) in [5.41, 5.74) is 1.91. The molecule has 0 fully saturated rings. The summed E-state index contributed by atoms with van der Waals surface area (Å²) in [7, 11) is -0.659. The van der Waals surface area contributed by atoms with Crippen LogP contribution in [0.4, 0.5) is 5.69 Å². The average molecular weight is 576 g/mol. The first-order valence-electron chi connectivity index (χ1n) is 10.7. The maximum absolute atomic E-state index is 13.4. The van der Waals surface area contributed by atoms with Crippen LogP contribution in [0.5, 0.6) is 0 Å². The van der Waals surface area contributed by atoms with Crippen LogP contribution in [-0.2, 0) is 27.8 Å². The third-order valence-corrected chi connectivity index (χ3v) is 9.04. The number of fused-ring (bicyclic) bond motifs is 1. The van der Waals surface area contributed by atoms with Crippen LogP contribution in [0, 0.1) is 0 Å². The Morgan fingerprint density at radius 3 is 2.37 bits per heavy atom. The molecule has 0 saturated carbocycles. The molecule has 8 nitrogen and oxygen atoms in total. The van der Waals surface area contributed by atoms with Crippen LogP contribution >= 0.6 is 27.3 Å². The van der Waals surface area contributed by atoms with Gasteiger partial charge < -0.3 is 5.32 Å². The lowest BCUT2D eigenvalue weighted by Gasteiger charge is -2.12. The van der Waals surface area contributed by atoms with Gasteiger partial charge in [-0.1, -0.05) is 35.0 Å². The molecule has 0 unspecified atom stereocenters. The van der Waals surface area contributed by atoms with Gasteiger partial charge in [0, 0.05) is 34.7 Å². The summed E-state index contributed by atoms with van der Waals surface area (Å²) in [6, 6.07) is 13.6. The molecule has 0 saturated heterocycles. The number of anilines is 1. The van der Waals surface area contributed by atoms with Crippen LogP contribution in [0.15, 0.2) is 69.0 Å². The maximum atomic E-state index is 13.4. The molecule has 4 rings (SSSR count). The number of aryl methyl sites for hydroxylation is 1. The highest BCUT2D eigenvalue weighted by Gasteiger charge is 2.20. The van der Waals surface area contributed by atoms with Gasteiger partial charge in [0.2, 0.25) is 15.9 Å². The van der Waals surface area contributed by atoms with Crippen LogP contribution in [0.2, 0.25) is 0 Å². The summed E-state index contributed by atoms with van der Waals surface area (Å²) in [5, 5.41) is 3.21. The number of halogens is 1. The Balaban J connectivity index is 1.62. The van der Waals surface area contributed by atoms with Crippen LogP contribution in [0.25, 0.3) is 21.3 Å². The number of aromatic nitrogens is 2. The van der Waals surface area contributed by atoms with E-state index in [0.717, 1.165) is 31.2 Å². The first-order valence-corrected chi connectivity index (χ1v) is 13.8. The molecule has 0 radical (unpaired) electrons. The van der Waals surface area contributed by atoms with Gasteiger partial charge in [-0.15, -0.1) is 11.3 Å². The van der Waals surface area contributed by atoms with Crippen molar-refractivity contribution in [1.29, 1.82) is 0 Å². The predicted molar refractivity (Wildman–Crippen MR) is 142 cm³/mol. The largest absolute Gasteiger partial charge is 0.325 e. The number of benzene rings is 2. The van der Waals surface area contributed by atoms with Crippen molar-refractivity contribution in [1.82, 2.24) is 13.9 Å². The highest BCUT2D eigenvalue weighted by molar-refractivity contribution is 9.10. The quantitative estimate of drug-likeness (QED) is 0.354. The second-order valence-electron chi connectivity index (χ2n) is 7.98. The van der Waals surface area contributed by atoms with E-state index in [1.807, 2.05) is 31.2 Å². The highest BCUT2D eigenvalue weighted by atomic mass is 79.9. The number of hydrogen-bond donors (Lipinski definition) is 1. The number of carbonyl (C=O) groups excluding carboxylic acids is 1. The number of amides is 1. The molecule has 2 aromatic carbocycles. The van der Waals surface area contributed by atoms with Crippen molar-refractivity contribution in [2.24, 2.45) is 0 Å². The lowest BCUT2D eigenvalue weighted by atomic mass is 10.0. The molecule has 1 amide bonds. The molecule has 0 aliphatic rings. The summed E-state index contributed by atoms with van der Waals surface area (Å²) in [4.78, 5) is 32.3. The molecule has 35 heavy (non-hydrogen) atoms. The van der Waals surface area contributed by atoms with E-state index in [2.05, 4.69) is 26.2 Å². The summed E-state index contributed by atoms with van der Waals surface area (Å²) in [6.45, 7) is 1.81. The third kappa shape index (κ3) is 5.08. The first-order chi connectivity index (χ1) is 16.6. The monoisotopic (exact) mass is 574 g/mol. The van der Waals surface area contributed by atoms with Crippen molar-refractivity contribution < 1.29 is 13.2 Å². The van der Waals surface area contributed by atoms with Gasteiger partial charge in [0.05, 0.1) is 16.6 Å². The van der Waals surface area contributed by atoms with Gasteiger partial charge >= 0.3 is 0 Å². The van der Waals surface area contributed by atoms with E-state index in [9.17, 15) is 18.0 Å². The Labute approximate surface area is 215 Å². The van der Waals surface area contributed by atoms with Gasteiger partial charge in [-0.05, 0) is 48.4 Å². The van der Waals surface area contributed by atoms with Gasteiger partial charge in [0.15, 0.2) is 0 Å². The normalized spacial score (nSPS) is 11.8. The fraction of sp³-hybridized carbons (Fsp3) is 0.208. The topological polar surface area (TPSA) is 101 Å². The number of thiophene rings is 1. The Hall–Kier alpha value is -2.86.